The molecule has 1 heteroatoms. The highest BCUT2D eigenvalue weighted by Crippen LogP contribution is 2.09. The van der Waals surface area contributed by atoms with Crippen molar-refractivity contribution in [1.29, 1.82) is 0 Å². The Morgan fingerprint density at radius 2 is 1.50 bits per heavy atom. The van der Waals surface area contributed by atoms with Crippen LogP contribution in [0.1, 0.15) is 33.3 Å². The van der Waals surface area contributed by atoms with E-state index in [4.69, 9.17) is 0 Å². The van der Waals surface area contributed by atoms with E-state index in [0.717, 1.165) is 0 Å². The Kier molecular flexibility index (Phi) is 7.19. The molecule has 0 spiro atoms. The average Bonchev–Trinajstić information content (AvgIpc) is 2.34. The van der Waals surface area contributed by atoms with Crippen molar-refractivity contribution in [3.05, 3.63) is 42.1 Å². The van der Waals surface area contributed by atoms with Gasteiger partial charge in [-0.3, -0.25) is 0 Å². The molecular weight excluding hydrogens is 194 g/mol. The summed E-state index contributed by atoms with van der Waals surface area (Å²) < 4.78 is 2.16. The van der Waals surface area contributed by atoms with Crippen molar-refractivity contribution in [2.24, 2.45) is 7.05 Å². The second-order valence-corrected chi connectivity index (χ2v) is 3.19. The van der Waals surface area contributed by atoms with Gasteiger partial charge in [-0.15, -0.1) is 0 Å². The Labute approximate surface area is 99.7 Å². The maximum Gasteiger partial charge on any atom is 0.212 e. The van der Waals surface area contributed by atoms with Crippen molar-refractivity contribution in [1.82, 2.24) is 0 Å². The molecule has 0 N–H and O–H groups in total. The first-order valence-corrected chi connectivity index (χ1v) is 6.12. The van der Waals surface area contributed by atoms with E-state index in [1.807, 2.05) is 27.7 Å². The molecule has 88 valence electrons. The van der Waals surface area contributed by atoms with Crippen LogP contribution in [-0.4, -0.2) is 0 Å². The fourth-order valence-electron chi connectivity index (χ4n) is 1.59. The molecule has 0 radical (unpaired) electrons. The molecule has 0 unspecified atom stereocenters. The Balaban J connectivity index is 0.000000509. The van der Waals surface area contributed by atoms with Gasteiger partial charge >= 0.3 is 0 Å². The molecule has 1 heterocycles. The number of rotatable bonds is 0. The quantitative estimate of drug-likeness (QED) is 0.588. The fraction of sp³-hybridized carbons (Fsp3) is 0.400. The third-order valence-corrected chi connectivity index (χ3v) is 2.10. The van der Waals surface area contributed by atoms with Gasteiger partial charge in [0.05, 0.1) is 0 Å². The first kappa shape index (κ1) is 14.6. The molecule has 0 atom stereocenters. The van der Waals surface area contributed by atoms with Crippen LogP contribution in [0.25, 0.3) is 10.9 Å². The van der Waals surface area contributed by atoms with Crippen molar-refractivity contribution >= 4 is 10.9 Å². The highest BCUT2D eigenvalue weighted by Gasteiger charge is 2.02. The maximum atomic E-state index is 2.20. The summed E-state index contributed by atoms with van der Waals surface area (Å²) in [6.07, 6.45) is 2.14. The highest BCUT2D eigenvalue weighted by atomic mass is 14.9. The predicted octanol–water partition coefficient (Wildman–Crippen LogP) is 4.03. The summed E-state index contributed by atoms with van der Waals surface area (Å²) in [6, 6.07) is 10.6. The van der Waals surface area contributed by atoms with Crippen LogP contribution in [0.2, 0.25) is 0 Å². The minimum atomic E-state index is 1.28. The molecule has 0 aliphatic rings. The van der Waals surface area contributed by atoms with E-state index in [-0.39, 0.29) is 0 Å². The van der Waals surface area contributed by atoms with E-state index >= 15 is 0 Å². The number of pyridine rings is 1. The predicted molar refractivity (Wildman–Crippen MR) is 72.6 cm³/mol. The molecule has 0 amide bonds. The Bertz CT molecular complexity index is 419. The molecule has 0 fully saturated rings. The van der Waals surface area contributed by atoms with E-state index in [9.17, 15) is 0 Å². The van der Waals surface area contributed by atoms with Crippen molar-refractivity contribution in [2.45, 2.75) is 34.6 Å². The first-order chi connectivity index (χ1) is 7.77. The van der Waals surface area contributed by atoms with Gasteiger partial charge in [0, 0.05) is 17.0 Å². The third kappa shape index (κ3) is 3.65. The summed E-state index contributed by atoms with van der Waals surface area (Å²) in [5.41, 5.74) is 2.58. The van der Waals surface area contributed by atoms with Gasteiger partial charge in [-0.25, -0.2) is 4.57 Å². The highest BCUT2D eigenvalue weighted by molar-refractivity contribution is 5.75. The lowest BCUT2D eigenvalue weighted by atomic mass is 10.2. The number of hydrogen-bond donors (Lipinski definition) is 0. The summed E-state index contributed by atoms with van der Waals surface area (Å²) >= 11 is 0. The van der Waals surface area contributed by atoms with Gasteiger partial charge in [0.2, 0.25) is 5.52 Å². The smallest absolute Gasteiger partial charge is 0.201 e. The molecule has 2 rings (SSSR count). The normalized spacial score (nSPS) is 8.62. The molecule has 2 aromatic rings. The topological polar surface area (TPSA) is 3.88 Å². The second-order valence-electron chi connectivity index (χ2n) is 3.19. The Morgan fingerprint density at radius 1 is 0.938 bits per heavy atom. The summed E-state index contributed by atoms with van der Waals surface area (Å²) in [5.74, 6) is 0. The van der Waals surface area contributed by atoms with Crippen LogP contribution in [0.15, 0.2) is 36.5 Å². The van der Waals surface area contributed by atoms with Crippen LogP contribution in [0.3, 0.4) is 0 Å². The summed E-state index contributed by atoms with van der Waals surface area (Å²) in [7, 11) is 2.08. The lowest BCUT2D eigenvalue weighted by Crippen LogP contribution is -2.28. The number of aromatic nitrogens is 1. The summed E-state index contributed by atoms with van der Waals surface area (Å²) in [4.78, 5) is 0. The minimum Gasteiger partial charge on any atom is -0.201 e. The van der Waals surface area contributed by atoms with E-state index in [1.54, 1.807) is 0 Å². The number of para-hydroxylation sites is 1. The van der Waals surface area contributed by atoms with E-state index < -0.39 is 0 Å². The van der Waals surface area contributed by atoms with Crippen LogP contribution in [0.4, 0.5) is 0 Å². The molecule has 0 aliphatic carbocycles. The molecule has 1 aromatic heterocycles. The van der Waals surface area contributed by atoms with Crippen LogP contribution < -0.4 is 4.57 Å². The largest absolute Gasteiger partial charge is 0.212 e. The number of fused-ring (bicyclic) bond motifs is 1. The molecule has 0 bridgehead atoms. The zero-order valence-corrected chi connectivity index (χ0v) is 11.4. The number of benzene rings is 1. The van der Waals surface area contributed by atoms with Crippen molar-refractivity contribution in [2.75, 3.05) is 0 Å². The summed E-state index contributed by atoms with van der Waals surface area (Å²) in [5, 5.41) is 1.31. The Morgan fingerprint density at radius 3 is 2.12 bits per heavy atom. The van der Waals surface area contributed by atoms with E-state index in [1.165, 1.54) is 16.5 Å². The van der Waals surface area contributed by atoms with Crippen LogP contribution in [0.5, 0.6) is 0 Å². The third-order valence-electron chi connectivity index (χ3n) is 2.10. The van der Waals surface area contributed by atoms with Gasteiger partial charge in [-0.05, 0) is 19.1 Å². The van der Waals surface area contributed by atoms with Gasteiger partial charge < -0.3 is 0 Å². The molecule has 16 heavy (non-hydrogen) atoms. The number of aryl methyl sites for hydroxylation is 2. The number of nitrogens with zero attached hydrogens (tertiary/aromatic N) is 1. The molecule has 1 nitrogen and oxygen atoms in total. The molecular formula is C15H24N+. The lowest BCUT2D eigenvalue weighted by Gasteiger charge is -1.96. The molecule has 1 aromatic carbocycles. The van der Waals surface area contributed by atoms with Crippen molar-refractivity contribution in [3.8, 4) is 0 Å². The van der Waals surface area contributed by atoms with E-state index in [2.05, 4.69) is 55.1 Å². The van der Waals surface area contributed by atoms with Gasteiger partial charge in [-0.1, -0.05) is 39.8 Å². The second kappa shape index (κ2) is 7.86. The summed E-state index contributed by atoms with van der Waals surface area (Å²) in [6.45, 7) is 10.1. The van der Waals surface area contributed by atoms with E-state index in [0.29, 0.717) is 0 Å². The van der Waals surface area contributed by atoms with Crippen LogP contribution >= 0.6 is 0 Å². The monoisotopic (exact) mass is 218 g/mol. The number of hydrogen-bond acceptors (Lipinski definition) is 0. The van der Waals surface area contributed by atoms with Crippen molar-refractivity contribution < 1.29 is 4.57 Å². The minimum absolute atomic E-state index is 1.28. The van der Waals surface area contributed by atoms with Gasteiger partial charge in [0.25, 0.3) is 0 Å². The Hall–Kier alpha value is -1.37. The first-order valence-electron chi connectivity index (χ1n) is 6.12. The lowest BCUT2D eigenvalue weighted by molar-refractivity contribution is -0.645. The molecule has 0 saturated carbocycles. The van der Waals surface area contributed by atoms with Crippen LogP contribution in [-0.2, 0) is 7.05 Å². The fourth-order valence-corrected chi connectivity index (χ4v) is 1.59. The zero-order chi connectivity index (χ0) is 12.6. The average molecular weight is 218 g/mol. The zero-order valence-electron chi connectivity index (χ0n) is 11.4. The molecule has 0 saturated heterocycles. The standard InChI is InChI=1S/C11H12N.2C2H6/c1-9-7-10-5-3-4-6-11(10)12(2)8-9;2*1-2/h3-8H,1-2H3;2*1-2H3/q+1;;. The van der Waals surface area contributed by atoms with Gasteiger partial charge in [-0.2, -0.15) is 0 Å². The van der Waals surface area contributed by atoms with Gasteiger partial charge in [0.1, 0.15) is 7.05 Å². The molecule has 0 aliphatic heterocycles. The van der Waals surface area contributed by atoms with Gasteiger partial charge in [0.15, 0.2) is 6.20 Å². The maximum absolute atomic E-state index is 2.20. The van der Waals surface area contributed by atoms with Crippen LogP contribution in [0, 0.1) is 6.92 Å². The van der Waals surface area contributed by atoms with Crippen molar-refractivity contribution in [3.63, 3.8) is 0 Å². The SMILES string of the molecule is CC.CC.Cc1cc2ccccc2[n+](C)c1.